The van der Waals surface area contributed by atoms with E-state index >= 15 is 0 Å². The van der Waals surface area contributed by atoms with E-state index in [1.54, 1.807) is 0 Å². The van der Waals surface area contributed by atoms with Crippen molar-refractivity contribution in [2.75, 3.05) is 19.6 Å². The Morgan fingerprint density at radius 2 is 2.20 bits per heavy atom. The van der Waals surface area contributed by atoms with Crippen molar-refractivity contribution in [1.82, 2.24) is 14.7 Å². The van der Waals surface area contributed by atoms with Crippen LogP contribution in [0.2, 0.25) is 0 Å². The SMILES string of the molecule is CCn1nc(CN2CCC(CCN)C2)c2ccccc21. The van der Waals surface area contributed by atoms with Gasteiger partial charge in [-0.1, -0.05) is 18.2 Å². The molecule has 1 atom stereocenters. The van der Waals surface area contributed by atoms with Crippen LogP contribution in [0.1, 0.15) is 25.5 Å². The molecule has 1 aromatic heterocycles. The lowest BCUT2D eigenvalue weighted by Crippen LogP contribution is -2.21. The van der Waals surface area contributed by atoms with Gasteiger partial charge in [0, 0.05) is 25.0 Å². The van der Waals surface area contributed by atoms with E-state index in [9.17, 15) is 0 Å². The number of likely N-dealkylation sites (tertiary alicyclic amines) is 1. The monoisotopic (exact) mass is 272 g/mol. The van der Waals surface area contributed by atoms with Crippen molar-refractivity contribution < 1.29 is 0 Å². The lowest BCUT2D eigenvalue weighted by atomic mass is 10.1. The highest BCUT2D eigenvalue weighted by atomic mass is 15.3. The summed E-state index contributed by atoms with van der Waals surface area (Å²) in [7, 11) is 0. The third-order valence-corrected chi connectivity index (χ3v) is 4.35. The highest BCUT2D eigenvalue weighted by molar-refractivity contribution is 5.81. The Kier molecular flexibility index (Phi) is 4.03. The van der Waals surface area contributed by atoms with Crippen LogP contribution in [0.3, 0.4) is 0 Å². The number of nitrogens with zero attached hydrogens (tertiary/aromatic N) is 3. The molecular formula is C16H24N4. The molecule has 2 N–H and O–H groups in total. The highest BCUT2D eigenvalue weighted by Crippen LogP contribution is 2.24. The molecule has 3 rings (SSSR count). The van der Waals surface area contributed by atoms with E-state index in [1.165, 1.54) is 36.1 Å². The molecule has 1 fully saturated rings. The Morgan fingerprint density at radius 3 is 3.00 bits per heavy atom. The van der Waals surface area contributed by atoms with E-state index in [4.69, 9.17) is 10.8 Å². The fourth-order valence-corrected chi connectivity index (χ4v) is 3.29. The minimum Gasteiger partial charge on any atom is -0.330 e. The molecule has 1 saturated heterocycles. The van der Waals surface area contributed by atoms with Crippen LogP contribution in [-0.2, 0) is 13.1 Å². The molecule has 4 heteroatoms. The summed E-state index contributed by atoms with van der Waals surface area (Å²) in [6.07, 6.45) is 2.43. The molecule has 20 heavy (non-hydrogen) atoms. The Labute approximate surface area is 120 Å². The van der Waals surface area contributed by atoms with Gasteiger partial charge in [-0.2, -0.15) is 5.10 Å². The van der Waals surface area contributed by atoms with E-state index in [-0.39, 0.29) is 0 Å². The Morgan fingerprint density at radius 1 is 1.35 bits per heavy atom. The fourth-order valence-electron chi connectivity index (χ4n) is 3.29. The number of hydrogen-bond donors (Lipinski definition) is 1. The molecule has 4 nitrogen and oxygen atoms in total. The lowest BCUT2D eigenvalue weighted by Gasteiger charge is -2.14. The first-order valence-corrected chi connectivity index (χ1v) is 7.68. The standard InChI is InChI=1S/C16H24N4/c1-2-20-16-6-4-3-5-14(16)15(18-20)12-19-10-8-13(11-19)7-9-17/h3-6,13H,2,7-12,17H2,1H3. The third-order valence-electron chi connectivity index (χ3n) is 4.35. The topological polar surface area (TPSA) is 47.1 Å². The minimum absolute atomic E-state index is 0.777. The van der Waals surface area contributed by atoms with Gasteiger partial charge in [-0.05, 0) is 44.8 Å². The zero-order chi connectivity index (χ0) is 13.9. The fraction of sp³-hybridized carbons (Fsp3) is 0.562. The van der Waals surface area contributed by atoms with Gasteiger partial charge in [-0.25, -0.2) is 0 Å². The molecule has 0 aliphatic carbocycles. The third kappa shape index (κ3) is 2.58. The van der Waals surface area contributed by atoms with Gasteiger partial charge in [0.15, 0.2) is 0 Å². The number of rotatable bonds is 5. The number of aryl methyl sites for hydroxylation is 1. The molecule has 1 aliphatic heterocycles. The Bertz CT molecular complexity index is 575. The summed E-state index contributed by atoms with van der Waals surface area (Å²) in [6.45, 7) is 7.20. The second-order valence-corrected chi connectivity index (χ2v) is 5.75. The van der Waals surface area contributed by atoms with Gasteiger partial charge in [0.1, 0.15) is 0 Å². The summed E-state index contributed by atoms with van der Waals surface area (Å²) >= 11 is 0. The average molecular weight is 272 g/mol. The molecule has 0 saturated carbocycles. The number of benzene rings is 1. The van der Waals surface area contributed by atoms with Crippen molar-refractivity contribution in [3.63, 3.8) is 0 Å². The number of hydrogen-bond acceptors (Lipinski definition) is 3. The van der Waals surface area contributed by atoms with Crippen molar-refractivity contribution in [3.05, 3.63) is 30.0 Å². The molecule has 0 spiro atoms. The molecule has 108 valence electrons. The maximum Gasteiger partial charge on any atom is 0.0843 e. The van der Waals surface area contributed by atoms with E-state index in [0.717, 1.165) is 32.0 Å². The second-order valence-electron chi connectivity index (χ2n) is 5.75. The van der Waals surface area contributed by atoms with Gasteiger partial charge < -0.3 is 5.73 Å². The Hall–Kier alpha value is -1.39. The van der Waals surface area contributed by atoms with E-state index in [1.807, 2.05) is 0 Å². The molecule has 0 bridgehead atoms. The van der Waals surface area contributed by atoms with Crippen LogP contribution in [-0.4, -0.2) is 34.3 Å². The average Bonchev–Trinajstić information content (AvgIpc) is 3.05. The quantitative estimate of drug-likeness (QED) is 0.908. The van der Waals surface area contributed by atoms with Gasteiger partial charge in [-0.15, -0.1) is 0 Å². The highest BCUT2D eigenvalue weighted by Gasteiger charge is 2.23. The zero-order valence-electron chi connectivity index (χ0n) is 12.3. The predicted molar refractivity (Wildman–Crippen MR) is 82.5 cm³/mol. The van der Waals surface area contributed by atoms with Crippen LogP contribution in [0, 0.1) is 5.92 Å². The second kappa shape index (κ2) is 5.94. The van der Waals surface area contributed by atoms with Gasteiger partial charge in [0.05, 0.1) is 11.2 Å². The lowest BCUT2D eigenvalue weighted by molar-refractivity contribution is 0.310. The van der Waals surface area contributed by atoms with Gasteiger partial charge in [-0.3, -0.25) is 9.58 Å². The van der Waals surface area contributed by atoms with Crippen molar-refractivity contribution in [2.24, 2.45) is 11.7 Å². The Balaban J connectivity index is 1.78. The summed E-state index contributed by atoms with van der Waals surface area (Å²) in [6, 6.07) is 8.55. The number of nitrogens with two attached hydrogens (primary N) is 1. The first kappa shape index (κ1) is 13.6. The molecule has 1 aromatic carbocycles. The summed E-state index contributed by atoms with van der Waals surface area (Å²) < 4.78 is 2.11. The molecule has 2 aromatic rings. The van der Waals surface area contributed by atoms with Crippen LogP contribution in [0.25, 0.3) is 10.9 Å². The first-order chi connectivity index (χ1) is 9.81. The minimum atomic E-state index is 0.777. The van der Waals surface area contributed by atoms with E-state index in [0.29, 0.717) is 0 Å². The van der Waals surface area contributed by atoms with Crippen LogP contribution < -0.4 is 5.73 Å². The van der Waals surface area contributed by atoms with Crippen molar-refractivity contribution in [2.45, 2.75) is 32.9 Å². The molecule has 1 unspecified atom stereocenters. The summed E-state index contributed by atoms with van der Waals surface area (Å²) in [5.41, 5.74) is 8.14. The summed E-state index contributed by atoms with van der Waals surface area (Å²) in [5, 5.41) is 6.10. The zero-order valence-corrected chi connectivity index (χ0v) is 12.3. The van der Waals surface area contributed by atoms with Crippen molar-refractivity contribution in [3.8, 4) is 0 Å². The van der Waals surface area contributed by atoms with Gasteiger partial charge in [0.2, 0.25) is 0 Å². The number of para-hydroxylation sites is 1. The molecular weight excluding hydrogens is 248 g/mol. The summed E-state index contributed by atoms with van der Waals surface area (Å²) in [5.74, 6) is 0.777. The maximum absolute atomic E-state index is 5.67. The van der Waals surface area contributed by atoms with E-state index < -0.39 is 0 Å². The van der Waals surface area contributed by atoms with Crippen LogP contribution in [0.15, 0.2) is 24.3 Å². The van der Waals surface area contributed by atoms with Crippen LogP contribution in [0.4, 0.5) is 0 Å². The predicted octanol–water partition coefficient (Wildman–Crippen LogP) is 2.23. The number of fused-ring (bicyclic) bond motifs is 1. The van der Waals surface area contributed by atoms with Crippen molar-refractivity contribution in [1.29, 1.82) is 0 Å². The normalized spacial score (nSPS) is 20.0. The molecule has 0 radical (unpaired) electrons. The molecule has 2 heterocycles. The molecule has 1 aliphatic rings. The first-order valence-electron chi connectivity index (χ1n) is 7.68. The van der Waals surface area contributed by atoms with Gasteiger partial charge in [0.25, 0.3) is 0 Å². The maximum atomic E-state index is 5.67. The van der Waals surface area contributed by atoms with Crippen LogP contribution in [0.5, 0.6) is 0 Å². The largest absolute Gasteiger partial charge is 0.330 e. The van der Waals surface area contributed by atoms with Crippen molar-refractivity contribution >= 4 is 10.9 Å². The van der Waals surface area contributed by atoms with Crippen LogP contribution >= 0.6 is 0 Å². The number of aromatic nitrogens is 2. The van der Waals surface area contributed by atoms with E-state index in [2.05, 4.69) is 40.8 Å². The molecule has 0 amide bonds. The van der Waals surface area contributed by atoms with Gasteiger partial charge >= 0.3 is 0 Å². The summed E-state index contributed by atoms with van der Waals surface area (Å²) in [4.78, 5) is 2.52. The smallest absolute Gasteiger partial charge is 0.0843 e.